The molecule has 0 aliphatic carbocycles. The number of carbonyl (C=O) groups is 2. The number of piperidine rings is 1. The zero-order valence-corrected chi connectivity index (χ0v) is 19.9. The normalized spacial score (nSPS) is 18.2. The SMILES string of the molecule is COc1ccc(NC(=O)CN2C(=O)C(C)(C)c3cc(S(=O)(=O)N4CCCCC4)ccc32)cc1. The van der Waals surface area contributed by atoms with Gasteiger partial charge in [0.2, 0.25) is 21.8 Å². The lowest BCUT2D eigenvalue weighted by molar-refractivity contribution is -0.124. The molecule has 4 rings (SSSR count). The molecule has 2 aromatic rings. The van der Waals surface area contributed by atoms with Gasteiger partial charge in [-0.25, -0.2) is 8.42 Å². The maximum Gasteiger partial charge on any atom is 0.244 e. The summed E-state index contributed by atoms with van der Waals surface area (Å²) in [5.41, 5.74) is 0.827. The molecule has 0 aromatic heterocycles. The van der Waals surface area contributed by atoms with E-state index in [4.69, 9.17) is 4.74 Å². The maximum absolute atomic E-state index is 13.2. The number of ether oxygens (including phenoxy) is 1. The molecule has 0 unspecified atom stereocenters. The smallest absolute Gasteiger partial charge is 0.244 e. The van der Waals surface area contributed by atoms with Crippen molar-refractivity contribution in [3.63, 3.8) is 0 Å². The monoisotopic (exact) mass is 471 g/mol. The molecule has 2 aliphatic rings. The van der Waals surface area contributed by atoms with E-state index in [2.05, 4.69) is 5.32 Å². The number of carbonyl (C=O) groups excluding carboxylic acids is 2. The Labute approximate surface area is 194 Å². The van der Waals surface area contributed by atoms with E-state index in [9.17, 15) is 18.0 Å². The number of amides is 2. The summed E-state index contributed by atoms with van der Waals surface area (Å²) in [5, 5.41) is 2.79. The molecule has 0 radical (unpaired) electrons. The highest BCUT2D eigenvalue weighted by atomic mass is 32.2. The molecular formula is C24H29N3O5S. The van der Waals surface area contributed by atoms with Crippen LogP contribution in [0.1, 0.15) is 38.7 Å². The fraction of sp³-hybridized carbons (Fsp3) is 0.417. The molecule has 9 heteroatoms. The third kappa shape index (κ3) is 4.35. The van der Waals surface area contributed by atoms with Crippen molar-refractivity contribution >= 4 is 33.2 Å². The Morgan fingerprint density at radius 1 is 1.06 bits per heavy atom. The lowest BCUT2D eigenvalue weighted by Crippen LogP contribution is -2.40. The predicted molar refractivity (Wildman–Crippen MR) is 126 cm³/mol. The summed E-state index contributed by atoms with van der Waals surface area (Å²) in [5.74, 6) is 0.0887. The summed E-state index contributed by atoms with van der Waals surface area (Å²) in [6, 6.07) is 11.7. The summed E-state index contributed by atoms with van der Waals surface area (Å²) in [7, 11) is -2.06. The van der Waals surface area contributed by atoms with Crippen molar-refractivity contribution in [3.05, 3.63) is 48.0 Å². The van der Waals surface area contributed by atoms with Crippen molar-refractivity contribution in [2.24, 2.45) is 0 Å². The van der Waals surface area contributed by atoms with Gasteiger partial charge in [0.1, 0.15) is 12.3 Å². The third-order valence-electron chi connectivity index (χ3n) is 6.34. The van der Waals surface area contributed by atoms with Crippen LogP contribution < -0.4 is 15.0 Å². The summed E-state index contributed by atoms with van der Waals surface area (Å²) in [4.78, 5) is 27.5. The van der Waals surface area contributed by atoms with Gasteiger partial charge in [-0.2, -0.15) is 4.31 Å². The molecule has 33 heavy (non-hydrogen) atoms. The van der Waals surface area contributed by atoms with Gasteiger partial charge in [-0.3, -0.25) is 9.59 Å². The van der Waals surface area contributed by atoms with Crippen LogP contribution in [-0.2, 0) is 25.0 Å². The van der Waals surface area contributed by atoms with Crippen LogP contribution >= 0.6 is 0 Å². The van der Waals surface area contributed by atoms with Crippen LogP contribution in [-0.4, -0.2) is 51.3 Å². The van der Waals surface area contributed by atoms with Gasteiger partial charge >= 0.3 is 0 Å². The van der Waals surface area contributed by atoms with E-state index in [0.717, 1.165) is 19.3 Å². The van der Waals surface area contributed by atoms with E-state index in [1.807, 2.05) is 0 Å². The maximum atomic E-state index is 13.2. The second-order valence-electron chi connectivity index (χ2n) is 8.94. The van der Waals surface area contributed by atoms with Crippen molar-refractivity contribution in [3.8, 4) is 5.75 Å². The van der Waals surface area contributed by atoms with E-state index in [0.29, 0.717) is 35.8 Å². The largest absolute Gasteiger partial charge is 0.497 e. The van der Waals surface area contributed by atoms with Gasteiger partial charge < -0.3 is 15.0 Å². The zero-order chi connectivity index (χ0) is 23.8. The number of rotatable bonds is 6. The van der Waals surface area contributed by atoms with Crippen LogP contribution in [0.5, 0.6) is 5.75 Å². The van der Waals surface area contributed by atoms with Gasteiger partial charge in [0, 0.05) is 24.5 Å². The Morgan fingerprint density at radius 2 is 1.73 bits per heavy atom. The molecule has 176 valence electrons. The molecule has 1 fully saturated rings. The summed E-state index contributed by atoms with van der Waals surface area (Å²) in [6.07, 6.45) is 2.74. The van der Waals surface area contributed by atoms with Crippen LogP contribution in [0.15, 0.2) is 47.4 Å². The highest BCUT2D eigenvalue weighted by Crippen LogP contribution is 2.42. The summed E-state index contributed by atoms with van der Waals surface area (Å²) < 4.78 is 32.9. The second-order valence-corrected chi connectivity index (χ2v) is 10.9. The Morgan fingerprint density at radius 3 is 2.36 bits per heavy atom. The minimum atomic E-state index is -3.62. The van der Waals surface area contributed by atoms with E-state index < -0.39 is 15.4 Å². The lowest BCUT2D eigenvalue weighted by atomic mass is 9.86. The highest BCUT2D eigenvalue weighted by molar-refractivity contribution is 7.89. The molecule has 1 saturated heterocycles. The number of hydrogen-bond donors (Lipinski definition) is 1. The number of nitrogens with one attached hydrogen (secondary N) is 1. The standard InChI is InChI=1S/C24H29N3O5S/c1-24(2)20-15-19(33(30,31)26-13-5-4-6-14-26)11-12-21(20)27(23(24)29)16-22(28)25-17-7-9-18(32-3)10-8-17/h7-12,15H,4-6,13-14,16H2,1-3H3,(H,25,28). The number of methoxy groups -OCH3 is 1. The van der Waals surface area contributed by atoms with Crippen molar-refractivity contribution in [1.29, 1.82) is 0 Å². The highest BCUT2D eigenvalue weighted by Gasteiger charge is 2.45. The quantitative estimate of drug-likeness (QED) is 0.698. The van der Waals surface area contributed by atoms with E-state index in [-0.39, 0.29) is 23.3 Å². The number of anilines is 2. The molecule has 8 nitrogen and oxygen atoms in total. The molecule has 0 atom stereocenters. The Kier molecular flexibility index (Phi) is 6.20. The molecular weight excluding hydrogens is 442 g/mol. The Balaban J connectivity index is 1.57. The fourth-order valence-electron chi connectivity index (χ4n) is 4.40. The first-order chi connectivity index (χ1) is 15.6. The minimum absolute atomic E-state index is 0.167. The number of hydrogen-bond acceptors (Lipinski definition) is 5. The summed E-state index contributed by atoms with van der Waals surface area (Å²) >= 11 is 0. The Hall–Kier alpha value is -2.91. The van der Waals surface area contributed by atoms with Crippen LogP contribution in [0.4, 0.5) is 11.4 Å². The van der Waals surface area contributed by atoms with Gasteiger partial charge in [-0.15, -0.1) is 0 Å². The van der Waals surface area contributed by atoms with Crippen molar-refractivity contribution in [1.82, 2.24) is 4.31 Å². The molecule has 2 heterocycles. The lowest BCUT2D eigenvalue weighted by Gasteiger charge is -2.26. The first kappa shape index (κ1) is 23.3. The van der Waals surface area contributed by atoms with Crippen molar-refractivity contribution in [2.45, 2.75) is 43.4 Å². The van der Waals surface area contributed by atoms with Gasteiger partial charge in [-0.1, -0.05) is 6.42 Å². The van der Waals surface area contributed by atoms with E-state index >= 15 is 0 Å². The predicted octanol–water partition coefficient (Wildman–Crippen LogP) is 3.13. The first-order valence-corrected chi connectivity index (χ1v) is 12.5. The second kappa shape index (κ2) is 8.79. The summed E-state index contributed by atoms with van der Waals surface area (Å²) in [6.45, 7) is 4.37. The van der Waals surface area contributed by atoms with Crippen LogP contribution in [0.3, 0.4) is 0 Å². The molecule has 0 spiro atoms. The van der Waals surface area contributed by atoms with Crippen LogP contribution in [0.2, 0.25) is 0 Å². The molecule has 0 saturated carbocycles. The third-order valence-corrected chi connectivity index (χ3v) is 8.23. The number of sulfonamides is 1. The zero-order valence-electron chi connectivity index (χ0n) is 19.1. The first-order valence-electron chi connectivity index (χ1n) is 11.0. The van der Waals surface area contributed by atoms with E-state index in [1.165, 1.54) is 15.3 Å². The van der Waals surface area contributed by atoms with Gasteiger partial charge in [0.15, 0.2) is 0 Å². The molecule has 2 amide bonds. The minimum Gasteiger partial charge on any atom is -0.497 e. The van der Waals surface area contributed by atoms with E-state index in [1.54, 1.807) is 57.4 Å². The number of fused-ring (bicyclic) bond motifs is 1. The molecule has 1 N–H and O–H groups in total. The van der Waals surface area contributed by atoms with Gasteiger partial charge in [0.05, 0.1) is 17.4 Å². The van der Waals surface area contributed by atoms with Gasteiger partial charge in [-0.05, 0) is 74.7 Å². The number of nitrogens with zero attached hydrogens (tertiary/aromatic N) is 2. The Bertz CT molecular complexity index is 1170. The van der Waals surface area contributed by atoms with Crippen molar-refractivity contribution < 1.29 is 22.7 Å². The molecule has 2 aliphatic heterocycles. The number of benzene rings is 2. The average molecular weight is 472 g/mol. The van der Waals surface area contributed by atoms with Crippen LogP contribution in [0.25, 0.3) is 0 Å². The topological polar surface area (TPSA) is 96.0 Å². The van der Waals surface area contributed by atoms with Crippen LogP contribution in [0, 0.1) is 0 Å². The van der Waals surface area contributed by atoms with Crippen molar-refractivity contribution in [2.75, 3.05) is 37.0 Å². The fourth-order valence-corrected chi connectivity index (χ4v) is 5.95. The van der Waals surface area contributed by atoms with Gasteiger partial charge in [0.25, 0.3) is 0 Å². The molecule has 0 bridgehead atoms. The average Bonchev–Trinajstić information content (AvgIpc) is 3.00. The molecule has 2 aromatic carbocycles.